The van der Waals surface area contributed by atoms with Crippen LogP contribution in [-0.2, 0) is 11.1 Å². The average molecular weight is 296 g/mol. The molecule has 1 atom stereocenters. The first-order chi connectivity index (χ1) is 8.18. The van der Waals surface area contributed by atoms with Crippen LogP contribution in [0.25, 0.3) is 0 Å². The summed E-state index contributed by atoms with van der Waals surface area (Å²) in [5, 5.41) is 0. The predicted octanol–water partition coefficient (Wildman–Crippen LogP) is 2.06. The van der Waals surface area contributed by atoms with Gasteiger partial charge >= 0.3 is 59.1 Å². The first-order valence-electron chi connectivity index (χ1n) is 5.27. The van der Waals surface area contributed by atoms with Crippen molar-refractivity contribution in [2.24, 2.45) is 0 Å². The van der Waals surface area contributed by atoms with Crippen LogP contribution in [0.4, 0.5) is 0 Å². The van der Waals surface area contributed by atoms with Crippen LogP contribution in [0.2, 0.25) is 0 Å². The summed E-state index contributed by atoms with van der Waals surface area (Å²) in [6.07, 6.45) is 1.49. The Morgan fingerprint density at radius 1 is 0.842 bits per heavy atom. The van der Waals surface area contributed by atoms with E-state index >= 15 is 0 Å². The van der Waals surface area contributed by atoms with Gasteiger partial charge in [-0.2, -0.15) is 0 Å². The van der Waals surface area contributed by atoms with Crippen molar-refractivity contribution >= 4 is 70.2 Å². The van der Waals surface area contributed by atoms with Crippen LogP contribution in [-0.4, -0.2) is 69.6 Å². The standard InChI is InChI=1S/C7H8O2S.C7H8.2Na.2H/c1-10(8)9-7-5-3-2-4-6-7;1-7-5-3-2-4-6-7;;;;/h2-6H,1H3;2-6H,1H3;;;;. The Balaban J connectivity index is 0. The molecule has 2 aromatic rings. The molecule has 0 saturated heterocycles. The Morgan fingerprint density at radius 2 is 1.26 bits per heavy atom. The zero-order chi connectivity index (χ0) is 12.5. The second-order valence-corrected chi connectivity index (χ2v) is 4.42. The van der Waals surface area contributed by atoms with E-state index < -0.39 is 11.1 Å². The number of hydrogen-bond acceptors (Lipinski definition) is 2. The third-order valence-corrected chi connectivity index (χ3v) is 2.32. The number of rotatable bonds is 2. The van der Waals surface area contributed by atoms with Crippen LogP contribution >= 0.6 is 0 Å². The molecule has 0 amide bonds. The fourth-order valence-electron chi connectivity index (χ4n) is 1.15. The Bertz CT molecular complexity index is 450. The number of benzene rings is 2. The van der Waals surface area contributed by atoms with Gasteiger partial charge in [0, 0.05) is 6.26 Å². The summed E-state index contributed by atoms with van der Waals surface area (Å²) in [6, 6.07) is 19.3. The third kappa shape index (κ3) is 11.9. The van der Waals surface area contributed by atoms with Crippen LogP contribution < -0.4 is 4.18 Å². The van der Waals surface area contributed by atoms with E-state index in [4.69, 9.17) is 4.18 Å². The molecule has 0 heterocycles. The van der Waals surface area contributed by atoms with Crippen LogP contribution in [0, 0.1) is 6.92 Å². The van der Waals surface area contributed by atoms with E-state index in [2.05, 4.69) is 19.1 Å². The van der Waals surface area contributed by atoms with Gasteiger partial charge in [0.05, 0.1) is 0 Å². The molecule has 0 radical (unpaired) electrons. The van der Waals surface area contributed by atoms with Gasteiger partial charge in [-0.05, 0) is 19.1 Å². The van der Waals surface area contributed by atoms with Crippen LogP contribution in [0.5, 0.6) is 5.75 Å². The van der Waals surface area contributed by atoms with Crippen molar-refractivity contribution in [2.45, 2.75) is 6.92 Å². The van der Waals surface area contributed by atoms with Crippen molar-refractivity contribution in [1.29, 1.82) is 0 Å². The maximum absolute atomic E-state index is 10.5. The summed E-state index contributed by atoms with van der Waals surface area (Å²) < 4.78 is 15.4. The molecular formula is C14H18Na2O2S. The Labute approximate surface area is 162 Å². The fraction of sp³-hybridized carbons (Fsp3) is 0.143. The normalized spacial score (nSPS) is 9.79. The Hall–Kier alpha value is 0.390. The van der Waals surface area contributed by atoms with Crippen molar-refractivity contribution in [3.63, 3.8) is 0 Å². The van der Waals surface area contributed by atoms with E-state index in [1.807, 2.05) is 36.4 Å². The molecule has 2 rings (SSSR count). The SMILES string of the molecule is CS(=O)Oc1ccccc1.Cc1ccccc1.[NaH].[NaH]. The molecule has 0 aromatic heterocycles. The van der Waals surface area contributed by atoms with E-state index in [9.17, 15) is 4.21 Å². The van der Waals surface area contributed by atoms with Crippen molar-refractivity contribution in [3.8, 4) is 5.75 Å². The summed E-state index contributed by atoms with van der Waals surface area (Å²) in [5.41, 5.74) is 1.32. The van der Waals surface area contributed by atoms with Crippen molar-refractivity contribution < 1.29 is 8.39 Å². The summed E-state index contributed by atoms with van der Waals surface area (Å²) in [5.74, 6) is 0.642. The molecule has 0 N–H and O–H groups in total. The first-order valence-corrected chi connectivity index (χ1v) is 6.75. The van der Waals surface area contributed by atoms with E-state index in [0.717, 1.165) is 0 Å². The molecule has 5 heteroatoms. The number of aryl methyl sites for hydroxylation is 1. The van der Waals surface area contributed by atoms with Gasteiger partial charge in [-0.15, -0.1) is 0 Å². The van der Waals surface area contributed by atoms with Gasteiger partial charge in [0.25, 0.3) is 0 Å². The monoisotopic (exact) mass is 296 g/mol. The zero-order valence-corrected chi connectivity index (χ0v) is 10.8. The summed E-state index contributed by atoms with van der Waals surface area (Å²) in [7, 11) is 0. The molecule has 0 bridgehead atoms. The van der Waals surface area contributed by atoms with Gasteiger partial charge in [-0.25, -0.2) is 4.21 Å². The zero-order valence-electron chi connectivity index (χ0n) is 10.00. The van der Waals surface area contributed by atoms with E-state index in [1.165, 1.54) is 11.8 Å². The second-order valence-electron chi connectivity index (χ2n) is 3.45. The summed E-state index contributed by atoms with van der Waals surface area (Å²) in [4.78, 5) is 0. The fourth-order valence-corrected chi connectivity index (χ4v) is 1.53. The molecule has 0 saturated carbocycles. The van der Waals surface area contributed by atoms with Crippen molar-refractivity contribution in [3.05, 3.63) is 66.2 Å². The molecule has 0 aliphatic heterocycles. The average Bonchev–Trinajstić information content (AvgIpc) is 2.31. The first kappa shape index (κ1) is 21.7. The molecule has 0 fully saturated rings. The van der Waals surface area contributed by atoms with Crippen LogP contribution in [0.3, 0.4) is 0 Å². The molecule has 0 aliphatic carbocycles. The van der Waals surface area contributed by atoms with Gasteiger partial charge in [0.15, 0.2) is 0 Å². The summed E-state index contributed by atoms with van der Waals surface area (Å²) >= 11 is -1.22. The maximum atomic E-state index is 10.5. The molecule has 19 heavy (non-hydrogen) atoms. The van der Waals surface area contributed by atoms with Crippen LogP contribution in [0.1, 0.15) is 5.56 Å². The van der Waals surface area contributed by atoms with Crippen molar-refractivity contribution in [1.82, 2.24) is 0 Å². The molecule has 1 unspecified atom stereocenters. The third-order valence-electron chi connectivity index (χ3n) is 1.90. The van der Waals surface area contributed by atoms with Crippen LogP contribution in [0.15, 0.2) is 60.7 Å². The number of para-hydroxylation sites is 1. The van der Waals surface area contributed by atoms with E-state index in [0.29, 0.717) is 5.75 Å². The van der Waals surface area contributed by atoms with E-state index in [-0.39, 0.29) is 59.1 Å². The number of hydrogen-bond donors (Lipinski definition) is 0. The van der Waals surface area contributed by atoms with Gasteiger partial charge in [-0.1, -0.05) is 54.1 Å². The topological polar surface area (TPSA) is 26.3 Å². The predicted molar refractivity (Wildman–Crippen MR) is 86.6 cm³/mol. The Morgan fingerprint density at radius 3 is 1.58 bits per heavy atom. The quantitative estimate of drug-likeness (QED) is 0.793. The van der Waals surface area contributed by atoms with Crippen molar-refractivity contribution in [2.75, 3.05) is 6.26 Å². The molecule has 2 aromatic carbocycles. The second kappa shape index (κ2) is 13.4. The molecule has 94 valence electrons. The molecule has 0 spiro atoms. The van der Waals surface area contributed by atoms with Gasteiger partial charge < -0.3 is 4.18 Å². The van der Waals surface area contributed by atoms with Gasteiger partial charge in [0.1, 0.15) is 5.75 Å². The minimum absolute atomic E-state index is 0. The molecule has 0 aliphatic rings. The molecule has 2 nitrogen and oxygen atoms in total. The van der Waals surface area contributed by atoms with Gasteiger partial charge in [-0.3, -0.25) is 0 Å². The summed E-state index contributed by atoms with van der Waals surface area (Å²) in [6.45, 7) is 2.08. The Kier molecular flexibility index (Phi) is 15.3. The minimum atomic E-state index is -1.22. The molecular weight excluding hydrogens is 278 g/mol. The van der Waals surface area contributed by atoms with E-state index in [1.54, 1.807) is 12.1 Å². The van der Waals surface area contributed by atoms with Gasteiger partial charge in [0.2, 0.25) is 11.1 Å².